The summed E-state index contributed by atoms with van der Waals surface area (Å²) in [7, 11) is 0. The summed E-state index contributed by atoms with van der Waals surface area (Å²) in [6.07, 6.45) is 0.305. The van der Waals surface area contributed by atoms with E-state index in [1.54, 1.807) is 0 Å². The molecule has 0 aliphatic carbocycles. The van der Waals surface area contributed by atoms with Crippen LogP contribution in [0, 0.1) is 19.7 Å². The normalized spacial score (nSPS) is 12.5. The molecule has 1 unspecified atom stereocenters. The molecule has 0 radical (unpaired) electrons. The summed E-state index contributed by atoms with van der Waals surface area (Å²) in [5.74, 6) is -0.401. The SMILES string of the molecule is Cc1cccc(C(O)c2ccc(F)cn2)c1C. The maximum absolute atomic E-state index is 12.8. The standard InChI is InChI=1S/C14H14FNO/c1-9-4-3-5-12(10(9)2)14(17)13-7-6-11(15)8-16-13/h3-8,14,17H,1-2H3. The van der Waals surface area contributed by atoms with Crippen LogP contribution in [-0.2, 0) is 0 Å². The number of nitrogens with zero attached hydrogens (tertiary/aromatic N) is 1. The third kappa shape index (κ3) is 2.34. The summed E-state index contributed by atoms with van der Waals surface area (Å²) in [4.78, 5) is 3.90. The molecule has 0 amide bonds. The van der Waals surface area contributed by atoms with Crippen LogP contribution >= 0.6 is 0 Å². The molecule has 2 rings (SSSR count). The average Bonchev–Trinajstić information content (AvgIpc) is 2.33. The van der Waals surface area contributed by atoms with Crippen molar-refractivity contribution >= 4 is 0 Å². The third-order valence-corrected chi connectivity index (χ3v) is 2.97. The van der Waals surface area contributed by atoms with Gasteiger partial charge in [0.2, 0.25) is 0 Å². The zero-order valence-electron chi connectivity index (χ0n) is 9.81. The molecule has 88 valence electrons. The largest absolute Gasteiger partial charge is 0.382 e. The number of rotatable bonds is 2. The zero-order valence-corrected chi connectivity index (χ0v) is 9.81. The van der Waals surface area contributed by atoms with E-state index in [0.29, 0.717) is 5.69 Å². The van der Waals surface area contributed by atoms with Gasteiger partial charge in [0.15, 0.2) is 0 Å². The van der Waals surface area contributed by atoms with Crippen LogP contribution in [0.1, 0.15) is 28.5 Å². The molecule has 2 nitrogen and oxygen atoms in total. The monoisotopic (exact) mass is 231 g/mol. The van der Waals surface area contributed by atoms with Crippen molar-refractivity contribution in [3.63, 3.8) is 0 Å². The van der Waals surface area contributed by atoms with Gasteiger partial charge in [0.25, 0.3) is 0 Å². The number of benzene rings is 1. The van der Waals surface area contributed by atoms with Crippen molar-refractivity contribution in [3.8, 4) is 0 Å². The maximum Gasteiger partial charge on any atom is 0.141 e. The topological polar surface area (TPSA) is 33.1 Å². The van der Waals surface area contributed by atoms with Gasteiger partial charge in [-0.3, -0.25) is 4.98 Å². The Kier molecular flexibility index (Phi) is 3.20. The first-order chi connectivity index (χ1) is 8.09. The van der Waals surface area contributed by atoms with Gasteiger partial charge in [-0.1, -0.05) is 18.2 Å². The summed E-state index contributed by atoms with van der Waals surface area (Å²) in [6, 6.07) is 8.55. The molecule has 0 aliphatic rings. The minimum absolute atomic E-state index is 0.401. The molecule has 1 aromatic carbocycles. The highest BCUT2D eigenvalue weighted by Gasteiger charge is 2.14. The van der Waals surface area contributed by atoms with E-state index in [1.807, 2.05) is 32.0 Å². The maximum atomic E-state index is 12.8. The van der Waals surface area contributed by atoms with Crippen molar-refractivity contribution in [2.45, 2.75) is 20.0 Å². The molecule has 0 aliphatic heterocycles. The van der Waals surface area contributed by atoms with Crippen LogP contribution in [0.5, 0.6) is 0 Å². The van der Waals surface area contributed by atoms with E-state index in [4.69, 9.17) is 0 Å². The Hall–Kier alpha value is -1.74. The predicted octanol–water partition coefficient (Wildman–Crippen LogP) is 2.92. The lowest BCUT2D eigenvalue weighted by Crippen LogP contribution is -2.05. The number of pyridine rings is 1. The van der Waals surface area contributed by atoms with Crippen molar-refractivity contribution in [2.75, 3.05) is 0 Å². The molecule has 1 N–H and O–H groups in total. The van der Waals surface area contributed by atoms with Crippen LogP contribution in [0.25, 0.3) is 0 Å². The van der Waals surface area contributed by atoms with Gasteiger partial charge in [-0.05, 0) is 42.7 Å². The molecule has 17 heavy (non-hydrogen) atoms. The van der Waals surface area contributed by atoms with E-state index in [1.165, 1.54) is 12.1 Å². The third-order valence-electron chi connectivity index (χ3n) is 2.97. The van der Waals surface area contributed by atoms with Crippen molar-refractivity contribution in [1.29, 1.82) is 0 Å². The minimum atomic E-state index is -0.810. The van der Waals surface area contributed by atoms with Crippen molar-refractivity contribution < 1.29 is 9.50 Å². The Morgan fingerprint density at radius 3 is 2.59 bits per heavy atom. The first kappa shape index (κ1) is 11.7. The fourth-order valence-corrected chi connectivity index (χ4v) is 1.78. The van der Waals surface area contributed by atoms with Gasteiger partial charge < -0.3 is 5.11 Å². The fraction of sp³-hybridized carbons (Fsp3) is 0.214. The number of halogens is 1. The van der Waals surface area contributed by atoms with Crippen molar-refractivity contribution in [2.24, 2.45) is 0 Å². The Balaban J connectivity index is 2.40. The van der Waals surface area contributed by atoms with E-state index in [-0.39, 0.29) is 0 Å². The first-order valence-corrected chi connectivity index (χ1v) is 5.45. The number of aryl methyl sites for hydroxylation is 1. The fourth-order valence-electron chi connectivity index (χ4n) is 1.78. The summed E-state index contributed by atoms with van der Waals surface area (Å²) in [5, 5.41) is 10.2. The second-order valence-electron chi connectivity index (χ2n) is 4.09. The highest BCUT2D eigenvalue weighted by atomic mass is 19.1. The molecule has 2 aromatic rings. The first-order valence-electron chi connectivity index (χ1n) is 5.45. The average molecular weight is 231 g/mol. The Morgan fingerprint density at radius 2 is 1.94 bits per heavy atom. The molecule has 3 heteroatoms. The molecule has 0 bridgehead atoms. The van der Waals surface area contributed by atoms with Gasteiger partial charge >= 0.3 is 0 Å². The van der Waals surface area contributed by atoms with Crippen LogP contribution in [0.4, 0.5) is 4.39 Å². The van der Waals surface area contributed by atoms with Gasteiger partial charge in [0.1, 0.15) is 11.9 Å². The highest BCUT2D eigenvalue weighted by molar-refractivity contribution is 5.37. The van der Waals surface area contributed by atoms with E-state index >= 15 is 0 Å². The minimum Gasteiger partial charge on any atom is -0.382 e. The van der Waals surface area contributed by atoms with Crippen LogP contribution in [0.2, 0.25) is 0 Å². The summed E-state index contributed by atoms with van der Waals surface area (Å²) >= 11 is 0. The van der Waals surface area contributed by atoms with Crippen LogP contribution in [0.15, 0.2) is 36.5 Å². The summed E-state index contributed by atoms with van der Waals surface area (Å²) < 4.78 is 12.8. The van der Waals surface area contributed by atoms with Crippen LogP contribution in [0.3, 0.4) is 0 Å². The summed E-state index contributed by atoms with van der Waals surface area (Å²) in [6.45, 7) is 3.95. The number of aromatic nitrogens is 1. The molecular formula is C14H14FNO. The molecule has 0 spiro atoms. The Bertz CT molecular complexity index is 522. The van der Waals surface area contributed by atoms with Crippen molar-refractivity contribution in [1.82, 2.24) is 4.98 Å². The zero-order chi connectivity index (χ0) is 12.4. The van der Waals surface area contributed by atoms with E-state index < -0.39 is 11.9 Å². The molecule has 0 fully saturated rings. The second-order valence-corrected chi connectivity index (χ2v) is 4.09. The lowest BCUT2D eigenvalue weighted by atomic mass is 9.97. The number of aliphatic hydroxyl groups is 1. The lowest BCUT2D eigenvalue weighted by molar-refractivity contribution is 0.214. The molecular weight excluding hydrogens is 217 g/mol. The van der Waals surface area contributed by atoms with Crippen LogP contribution < -0.4 is 0 Å². The Labute approximate surface area is 99.8 Å². The second kappa shape index (κ2) is 4.63. The van der Waals surface area contributed by atoms with Gasteiger partial charge in [0, 0.05) is 0 Å². The van der Waals surface area contributed by atoms with Gasteiger partial charge in [-0.2, -0.15) is 0 Å². The lowest BCUT2D eigenvalue weighted by Gasteiger charge is -2.14. The van der Waals surface area contributed by atoms with Gasteiger partial charge in [-0.25, -0.2) is 4.39 Å². The Morgan fingerprint density at radius 1 is 1.18 bits per heavy atom. The molecule has 1 atom stereocenters. The quantitative estimate of drug-likeness (QED) is 0.862. The van der Waals surface area contributed by atoms with E-state index in [0.717, 1.165) is 22.9 Å². The number of hydrogen-bond acceptors (Lipinski definition) is 2. The molecule has 0 saturated carbocycles. The molecule has 1 aromatic heterocycles. The van der Waals surface area contributed by atoms with E-state index in [9.17, 15) is 9.50 Å². The van der Waals surface area contributed by atoms with Gasteiger partial charge in [0.05, 0.1) is 11.9 Å². The predicted molar refractivity (Wildman–Crippen MR) is 64.2 cm³/mol. The molecule has 1 heterocycles. The van der Waals surface area contributed by atoms with Crippen LogP contribution in [-0.4, -0.2) is 10.1 Å². The number of hydrogen-bond donors (Lipinski definition) is 1. The molecule has 0 saturated heterocycles. The van der Waals surface area contributed by atoms with Gasteiger partial charge in [-0.15, -0.1) is 0 Å². The number of aliphatic hydroxyl groups excluding tert-OH is 1. The van der Waals surface area contributed by atoms with Crippen molar-refractivity contribution in [3.05, 3.63) is 64.7 Å². The smallest absolute Gasteiger partial charge is 0.141 e. The highest BCUT2D eigenvalue weighted by Crippen LogP contribution is 2.24. The summed E-state index contributed by atoms with van der Waals surface area (Å²) in [5.41, 5.74) is 3.42. The van der Waals surface area contributed by atoms with E-state index in [2.05, 4.69) is 4.98 Å².